The lowest BCUT2D eigenvalue weighted by atomic mass is 10.1. The average Bonchev–Trinajstić information content (AvgIpc) is 2.45. The monoisotopic (exact) mass is 298 g/mol. The molecule has 0 aliphatic heterocycles. The van der Waals surface area contributed by atoms with Crippen molar-refractivity contribution in [2.45, 2.75) is 0 Å². The summed E-state index contributed by atoms with van der Waals surface area (Å²) in [7, 11) is 1.47. The molecule has 0 spiro atoms. The van der Waals surface area contributed by atoms with E-state index in [4.69, 9.17) is 17.3 Å². The van der Waals surface area contributed by atoms with Crippen LogP contribution in [0.1, 0.15) is 10.4 Å². The summed E-state index contributed by atoms with van der Waals surface area (Å²) in [5.41, 5.74) is 5.64. The molecule has 0 aromatic heterocycles. The first kappa shape index (κ1) is 15.9. The van der Waals surface area contributed by atoms with Crippen molar-refractivity contribution in [2.75, 3.05) is 25.5 Å². The van der Waals surface area contributed by atoms with Gasteiger partial charge < -0.3 is 21.7 Å². The van der Waals surface area contributed by atoms with E-state index in [0.717, 1.165) is 0 Å². The number of benzene rings is 1. The number of carbonyl (C=O) groups is 3. The Kier molecular flexibility index (Phi) is 5.95. The van der Waals surface area contributed by atoms with Crippen molar-refractivity contribution in [3.8, 4) is 0 Å². The molecule has 7 nitrogen and oxygen atoms in total. The van der Waals surface area contributed by atoms with Gasteiger partial charge in [0.05, 0.1) is 24.3 Å². The van der Waals surface area contributed by atoms with Crippen LogP contribution in [0.25, 0.3) is 0 Å². The van der Waals surface area contributed by atoms with E-state index in [1.807, 2.05) is 0 Å². The van der Waals surface area contributed by atoms with Crippen LogP contribution >= 0.6 is 11.6 Å². The molecule has 0 aliphatic carbocycles. The Labute approximate surface area is 120 Å². The van der Waals surface area contributed by atoms with E-state index in [1.165, 1.54) is 19.2 Å². The van der Waals surface area contributed by atoms with Gasteiger partial charge in [0.15, 0.2) is 0 Å². The summed E-state index contributed by atoms with van der Waals surface area (Å²) in [6.45, 7) is -0.427. The van der Waals surface area contributed by atoms with Gasteiger partial charge in [-0.3, -0.25) is 14.4 Å². The van der Waals surface area contributed by atoms with Gasteiger partial charge in [-0.1, -0.05) is 11.6 Å². The summed E-state index contributed by atoms with van der Waals surface area (Å²) >= 11 is 5.81. The number of halogens is 1. The molecule has 0 bridgehead atoms. The molecule has 1 aromatic carbocycles. The summed E-state index contributed by atoms with van der Waals surface area (Å²) in [5.74, 6) is -1.30. The van der Waals surface area contributed by atoms with E-state index in [9.17, 15) is 14.4 Å². The Balaban J connectivity index is 2.79. The van der Waals surface area contributed by atoms with Crippen LogP contribution in [0.3, 0.4) is 0 Å². The molecule has 3 amide bonds. The lowest BCUT2D eigenvalue weighted by Gasteiger charge is -2.11. The van der Waals surface area contributed by atoms with Gasteiger partial charge in [-0.15, -0.1) is 0 Å². The normalized spacial score (nSPS) is 9.75. The summed E-state index contributed by atoms with van der Waals surface area (Å²) in [5, 5.41) is 7.66. The van der Waals surface area contributed by atoms with Crippen LogP contribution in [-0.4, -0.2) is 37.9 Å². The van der Waals surface area contributed by atoms with Crippen molar-refractivity contribution >= 4 is 35.0 Å². The van der Waals surface area contributed by atoms with Crippen LogP contribution < -0.4 is 21.7 Å². The first-order valence-electron chi connectivity index (χ1n) is 5.76. The molecule has 108 valence electrons. The minimum absolute atomic E-state index is 0.197. The number of anilines is 1. The maximum absolute atomic E-state index is 11.7. The van der Waals surface area contributed by atoms with Crippen LogP contribution in [0.2, 0.25) is 5.02 Å². The Morgan fingerprint density at radius 2 is 1.95 bits per heavy atom. The second kappa shape index (κ2) is 7.46. The minimum Gasteiger partial charge on any atom is -0.355 e. The topological polar surface area (TPSA) is 113 Å². The van der Waals surface area contributed by atoms with Crippen molar-refractivity contribution < 1.29 is 14.4 Å². The van der Waals surface area contributed by atoms with Gasteiger partial charge in [-0.2, -0.15) is 0 Å². The molecule has 1 rings (SSSR count). The van der Waals surface area contributed by atoms with E-state index >= 15 is 0 Å². The first-order valence-corrected chi connectivity index (χ1v) is 6.14. The second-order valence-electron chi connectivity index (χ2n) is 3.80. The predicted octanol–water partition coefficient (Wildman–Crippen LogP) is -0.287. The van der Waals surface area contributed by atoms with Gasteiger partial charge in [-0.05, 0) is 18.2 Å². The van der Waals surface area contributed by atoms with Crippen molar-refractivity contribution in [1.29, 1.82) is 0 Å². The molecule has 8 heteroatoms. The highest BCUT2D eigenvalue weighted by atomic mass is 35.5. The third-order valence-corrected chi connectivity index (χ3v) is 2.59. The number of nitrogens with one attached hydrogen (secondary N) is 3. The quantitative estimate of drug-likeness (QED) is 0.598. The van der Waals surface area contributed by atoms with Crippen molar-refractivity contribution in [1.82, 2.24) is 10.6 Å². The zero-order valence-electron chi connectivity index (χ0n) is 10.8. The highest BCUT2D eigenvalue weighted by Crippen LogP contribution is 2.20. The van der Waals surface area contributed by atoms with E-state index in [0.29, 0.717) is 10.7 Å². The van der Waals surface area contributed by atoms with E-state index in [2.05, 4.69) is 16.0 Å². The highest BCUT2D eigenvalue weighted by Gasteiger charge is 2.13. The molecule has 20 heavy (non-hydrogen) atoms. The molecule has 0 unspecified atom stereocenters. The SMILES string of the molecule is CNC(=O)c1cc(Cl)ccc1NC(=O)CNC(=O)CN. The number of hydrogen-bond acceptors (Lipinski definition) is 4. The Hall–Kier alpha value is -2.12. The summed E-state index contributed by atoms with van der Waals surface area (Å²) < 4.78 is 0. The summed E-state index contributed by atoms with van der Waals surface area (Å²) in [4.78, 5) is 34.3. The maximum atomic E-state index is 11.7. The molecule has 0 aliphatic rings. The molecule has 0 heterocycles. The Bertz CT molecular complexity index is 533. The van der Waals surface area contributed by atoms with Gasteiger partial charge in [-0.25, -0.2) is 0 Å². The number of rotatable bonds is 5. The summed E-state index contributed by atoms with van der Waals surface area (Å²) in [6.07, 6.45) is 0. The zero-order valence-corrected chi connectivity index (χ0v) is 11.6. The molecule has 0 saturated heterocycles. The van der Waals surface area contributed by atoms with Gasteiger partial charge in [0.2, 0.25) is 11.8 Å². The number of hydrogen-bond donors (Lipinski definition) is 4. The highest BCUT2D eigenvalue weighted by molar-refractivity contribution is 6.31. The fraction of sp³-hybridized carbons (Fsp3) is 0.250. The van der Waals surface area contributed by atoms with Crippen LogP contribution in [0.4, 0.5) is 5.69 Å². The summed E-state index contributed by atoms with van der Waals surface area (Å²) in [6, 6.07) is 4.49. The van der Waals surface area contributed by atoms with Gasteiger partial charge >= 0.3 is 0 Å². The predicted molar refractivity (Wildman–Crippen MR) is 75.5 cm³/mol. The van der Waals surface area contributed by atoms with E-state index < -0.39 is 11.8 Å². The van der Waals surface area contributed by atoms with Crippen molar-refractivity contribution in [3.05, 3.63) is 28.8 Å². The van der Waals surface area contributed by atoms with Crippen LogP contribution in [0.5, 0.6) is 0 Å². The van der Waals surface area contributed by atoms with Crippen LogP contribution in [0, 0.1) is 0 Å². The smallest absolute Gasteiger partial charge is 0.253 e. The lowest BCUT2D eigenvalue weighted by Crippen LogP contribution is -2.36. The van der Waals surface area contributed by atoms with Crippen LogP contribution in [-0.2, 0) is 9.59 Å². The minimum atomic E-state index is -0.473. The molecule has 1 aromatic rings. The van der Waals surface area contributed by atoms with Gasteiger partial charge in [0.25, 0.3) is 5.91 Å². The fourth-order valence-corrected chi connectivity index (χ4v) is 1.57. The second-order valence-corrected chi connectivity index (χ2v) is 4.23. The molecule has 5 N–H and O–H groups in total. The molecule has 0 radical (unpaired) electrons. The molecule has 0 atom stereocenters. The lowest BCUT2D eigenvalue weighted by molar-refractivity contribution is -0.123. The molecular weight excluding hydrogens is 284 g/mol. The Morgan fingerprint density at radius 3 is 2.55 bits per heavy atom. The van der Waals surface area contributed by atoms with Crippen molar-refractivity contribution in [3.63, 3.8) is 0 Å². The van der Waals surface area contributed by atoms with Crippen LogP contribution in [0.15, 0.2) is 18.2 Å². The third kappa shape index (κ3) is 4.52. The molecular formula is C12H15ClN4O3. The maximum Gasteiger partial charge on any atom is 0.253 e. The van der Waals surface area contributed by atoms with E-state index in [-0.39, 0.29) is 24.6 Å². The average molecular weight is 299 g/mol. The molecule has 0 fully saturated rings. The largest absolute Gasteiger partial charge is 0.355 e. The zero-order chi connectivity index (χ0) is 15.1. The third-order valence-electron chi connectivity index (χ3n) is 2.36. The van der Waals surface area contributed by atoms with Gasteiger partial charge in [0.1, 0.15) is 0 Å². The standard InChI is InChI=1S/C12H15ClN4O3/c1-15-12(20)8-4-7(13)2-3-9(8)17-11(19)6-16-10(18)5-14/h2-4H,5-6,14H2,1H3,(H,15,20)(H,16,18)(H,17,19). The van der Waals surface area contributed by atoms with Gasteiger partial charge in [0, 0.05) is 12.1 Å². The number of carbonyl (C=O) groups excluding carboxylic acids is 3. The molecule has 0 saturated carbocycles. The number of amides is 3. The first-order chi connectivity index (χ1) is 9.47. The fourth-order valence-electron chi connectivity index (χ4n) is 1.39. The number of nitrogens with two attached hydrogens (primary N) is 1. The Morgan fingerprint density at radius 1 is 1.25 bits per heavy atom. The van der Waals surface area contributed by atoms with Crippen molar-refractivity contribution in [2.24, 2.45) is 5.73 Å². The van der Waals surface area contributed by atoms with E-state index in [1.54, 1.807) is 6.07 Å².